The molecule has 3 heteroatoms. The Kier molecular flexibility index (Phi) is 3.19. The molecule has 0 amide bonds. The van der Waals surface area contributed by atoms with E-state index in [4.69, 9.17) is 9.47 Å². The van der Waals surface area contributed by atoms with Crippen LogP contribution in [-0.2, 0) is 14.3 Å². The van der Waals surface area contributed by atoms with Gasteiger partial charge in [0.2, 0.25) is 0 Å². The third kappa shape index (κ3) is 1.99. The molecule has 0 radical (unpaired) electrons. The maximum Gasteiger partial charge on any atom is 0.302 e. The molecule has 110 valence electrons. The number of carbonyl (C=O) groups excluding carboxylic acids is 1. The third-order valence-corrected chi connectivity index (χ3v) is 5.64. The van der Waals surface area contributed by atoms with E-state index in [0.717, 1.165) is 19.3 Å². The summed E-state index contributed by atoms with van der Waals surface area (Å²) in [6.07, 6.45) is 7.36. The molecular weight excluding hydrogens is 252 g/mol. The molecule has 1 fully saturated rings. The summed E-state index contributed by atoms with van der Waals surface area (Å²) in [5, 5.41) is 0. The predicted octanol–water partition coefficient (Wildman–Crippen LogP) is 3.60. The van der Waals surface area contributed by atoms with Gasteiger partial charge in [-0.15, -0.1) is 0 Å². The van der Waals surface area contributed by atoms with Crippen molar-refractivity contribution in [1.82, 2.24) is 0 Å². The Morgan fingerprint density at radius 1 is 1.40 bits per heavy atom. The zero-order chi connectivity index (χ0) is 14.5. The predicted molar refractivity (Wildman–Crippen MR) is 76.9 cm³/mol. The highest BCUT2D eigenvalue weighted by atomic mass is 16.5. The number of carbonyl (C=O) groups is 1. The van der Waals surface area contributed by atoms with Crippen LogP contribution >= 0.6 is 0 Å². The summed E-state index contributed by atoms with van der Waals surface area (Å²) < 4.78 is 11.5. The second kappa shape index (κ2) is 4.64. The number of fused-ring (bicyclic) bond motifs is 2. The number of ether oxygens (including phenoxy) is 2. The highest BCUT2D eigenvalue weighted by molar-refractivity contribution is 5.66. The normalized spacial score (nSPS) is 42.8. The van der Waals surface area contributed by atoms with Crippen molar-refractivity contribution in [3.8, 4) is 0 Å². The zero-order valence-electron chi connectivity index (χ0n) is 12.8. The summed E-state index contributed by atoms with van der Waals surface area (Å²) in [7, 11) is 0. The molecule has 0 bridgehead atoms. The second-order valence-corrected chi connectivity index (χ2v) is 6.92. The number of allylic oxidation sites excluding steroid dienone is 1. The Bertz CT molecular complexity index is 490. The molecular formula is C17H24O3. The number of hydrogen-bond donors (Lipinski definition) is 0. The highest BCUT2D eigenvalue weighted by Crippen LogP contribution is 2.56. The summed E-state index contributed by atoms with van der Waals surface area (Å²) in [6.45, 7) is 8.17. The van der Waals surface area contributed by atoms with Crippen LogP contribution < -0.4 is 0 Å². The first-order chi connectivity index (χ1) is 9.41. The fraction of sp³-hybridized carbons (Fsp3) is 0.706. The fourth-order valence-corrected chi connectivity index (χ4v) is 4.45. The van der Waals surface area contributed by atoms with Crippen LogP contribution in [0.5, 0.6) is 0 Å². The molecule has 0 N–H and O–H groups in total. The Hall–Kier alpha value is -1.25. The number of esters is 1. The molecule has 3 aliphatic rings. The first-order valence-corrected chi connectivity index (χ1v) is 7.58. The minimum atomic E-state index is -0.174. The Morgan fingerprint density at radius 3 is 2.85 bits per heavy atom. The van der Waals surface area contributed by atoms with Gasteiger partial charge >= 0.3 is 5.97 Å². The maximum absolute atomic E-state index is 11.4. The molecule has 5 atom stereocenters. The van der Waals surface area contributed by atoms with Crippen LogP contribution in [-0.4, -0.2) is 18.2 Å². The van der Waals surface area contributed by atoms with E-state index in [2.05, 4.69) is 26.8 Å². The second-order valence-electron chi connectivity index (χ2n) is 6.92. The van der Waals surface area contributed by atoms with Crippen LogP contribution in [0.2, 0.25) is 0 Å². The van der Waals surface area contributed by atoms with Crippen LogP contribution in [0, 0.1) is 17.3 Å². The first kappa shape index (κ1) is 13.7. The lowest BCUT2D eigenvalue weighted by molar-refractivity contribution is -0.161. The van der Waals surface area contributed by atoms with Crippen molar-refractivity contribution in [2.24, 2.45) is 17.3 Å². The van der Waals surface area contributed by atoms with Crippen molar-refractivity contribution >= 4 is 5.97 Å². The Labute approximate surface area is 121 Å². The summed E-state index contributed by atoms with van der Waals surface area (Å²) in [5.74, 6) is 0.853. The van der Waals surface area contributed by atoms with E-state index in [-0.39, 0.29) is 23.6 Å². The van der Waals surface area contributed by atoms with Crippen molar-refractivity contribution in [3.05, 3.63) is 23.5 Å². The highest BCUT2D eigenvalue weighted by Gasteiger charge is 2.54. The van der Waals surface area contributed by atoms with Crippen LogP contribution in [0.1, 0.15) is 47.0 Å². The average Bonchev–Trinajstić information content (AvgIpc) is 2.72. The smallest absolute Gasteiger partial charge is 0.302 e. The van der Waals surface area contributed by atoms with E-state index in [9.17, 15) is 4.79 Å². The van der Waals surface area contributed by atoms with Gasteiger partial charge in [-0.2, -0.15) is 0 Å². The lowest BCUT2D eigenvalue weighted by Gasteiger charge is -2.52. The monoisotopic (exact) mass is 276 g/mol. The van der Waals surface area contributed by atoms with Crippen molar-refractivity contribution in [2.45, 2.75) is 59.2 Å². The van der Waals surface area contributed by atoms with Crippen LogP contribution in [0.25, 0.3) is 0 Å². The van der Waals surface area contributed by atoms with Gasteiger partial charge in [-0.25, -0.2) is 0 Å². The van der Waals surface area contributed by atoms with Gasteiger partial charge in [0, 0.05) is 24.7 Å². The van der Waals surface area contributed by atoms with Crippen molar-refractivity contribution < 1.29 is 14.3 Å². The number of rotatable bonds is 1. The van der Waals surface area contributed by atoms with Gasteiger partial charge in [-0.1, -0.05) is 18.6 Å². The van der Waals surface area contributed by atoms with Crippen molar-refractivity contribution in [1.29, 1.82) is 0 Å². The third-order valence-electron chi connectivity index (χ3n) is 5.64. The lowest BCUT2D eigenvalue weighted by atomic mass is 9.55. The van der Waals surface area contributed by atoms with E-state index in [1.165, 1.54) is 18.1 Å². The molecule has 0 aromatic carbocycles. The zero-order valence-corrected chi connectivity index (χ0v) is 12.8. The van der Waals surface area contributed by atoms with Gasteiger partial charge in [0.1, 0.15) is 12.2 Å². The van der Waals surface area contributed by atoms with E-state index in [0.29, 0.717) is 11.8 Å². The molecule has 20 heavy (non-hydrogen) atoms. The quantitative estimate of drug-likeness (QED) is 0.542. The van der Waals surface area contributed by atoms with E-state index in [1.807, 2.05) is 6.26 Å². The van der Waals surface area contributed by atoms with E-state index in [1.54, 1.807) is 0 Å². The number of hydrogen-bond acceptors (Lipinski definition) is 3. The Morgan fingerprint density at radius 2 is 2.15 bits per heavy atom. The van der Waals surface area contributed by atoms with Crippen LogP contribution in [0.4, 0.5) is 0 Å². The SMILES string of the molecule is CC(=O)O[C@H]1CC=C(C)C2CC3C(C)=COC3C[C@]21C. The molecule has 1 saturated carbocycles. The molecule has 1 heterocycles. The minimum absolute atomic E-state index is 0.00410. The molecule has 0 aromatic heterocycles. The largest absolute Gasteiger partial charge is 0.497 e. The summed E-state index contributed by atoms with van der Waals surface area (Å²) >= 11 is 0. The molecule has 3 nitrogen and oxygen atoms in total. The summed E-state index contributed by atoms with van der Waals surface area (Å²) in [4.78, 5) is 11.4. The van der Waals surface area contributed by atoms with Gasteiger partial charge < -0.3 is 9.47 Å². The molecule has 1 aliphatic heterocycles. The van der Waals surface area contributed by atoms with E-state index < -0.39 is 0 Å². The average molecular weight is 276 g/mol. The maximum atomic E-state index is 11.4. The van der Waals surface area contributed by atoms with Crippen LogP contribution in [0.3, 0.4) is 0 Å². The molecule has 0 spiro atoms. The van der Waals surface area contributed by atoms with Gasteiger partial charge in [-0.3, -0.25) is 4.79 Å². The summed E-state index contributed by atoms with van der Waals surface area (Å²) in [5.41, 5.74) is 2.82. The summed E-state index contributed by atoms with van der Waals surface area (Å²) in [6, 6.07) is 0. The van der Waals surface area contributed by atoms with Crippen LogP contribution in [0.15, 0.2) is 23.5 Å². The topological polar surface area (TPSA) is 35.5 Å². The van der Waals surface area contributed by atoms with Crippen molar-refractivity contribution in [3.63, 3.8) is 0 Å². The molecule has 0 saturated heterocycles. The van der Waals surface area contributed by atoms with Gasteiger partial charge in [0.25, 0.3) is 0 Å². The lowest BCUT2D eigenvalue weighted by Crippen LogP contribution is -2.51. The first-order valence-electron chi connectivity index (χ1n) is 7.58. The molecule has 0 aromatic rings. The van der Waals surface area contributed by atoms with Crippen molar-refractivity contribution in [2.75, 3.05) is 0 Å². The molecule has 3 rings (SSSR count). The van der Waals surface area contributed by atoms with Gasteiger partial charge in [0.15, 0.2) is 0 Å². The minimum Gasteiger partial charge on any atom is -0.497 e. The van der Waals surface area contributed by atoms with Gasteiger partial charge in [-0.05, 0) is 38.2 Å². The van der Waals surface area contributed by atoms with E-state index >= 15 is 0 Å². The fourth-order valence-electron chi connectivity index (χ4n) is 4.45. The molecule has 3 unspecified atom stereocenters. The Balaban J connectivity index is 1.91. The van der Waals surface area contributed by atoms with Gasteiger partial charge in [0.05, 0.1) is 6.26 Å². The molecule has 2 aliphatic carbocycles. The standard InChI is InChI=1S/C17H24O3/c1-10-5-6-16(20-12(3)18)17(4)8-15-13(7-14(10)17)11(2)9-19-15/h5,9,13-16H,6-8H2,1-4H3/t13?,14?,15?,16-,17+/m0/s1.